The fraction of sp³-hybridized carbons (Fsp3) is 0.435. The van der Waals surface area contributed by atoms with Gasteiger partial charge in [0, 0.05) is 5.02 Å². The number of benzene rings is 2. The van der Waals surface area contributed by atoms with Gasteiger partial charge < -0.3 is 5.32 Å². The second-order valence-electron chi connectivity index (χ2n) is 7.96. The Hall–Kier alpha value is -2.05. The standard InChI is InChI=1S/C23H29ClN2O3S/c1-4-21(19-11-10-17-7-5-6-8-18(17)13-19)25-23(27)15-26(30(3,28)29)22-14-20(24)12-9-16(22)2/h9-14,21H,4-8,15H2,1-3H3,(H,25,27)/t21-/m0/s1. The molecule has 0 aromatic heterocycles. The molecule has 0 saturated carbocycles. The number of rotatable bonds is 7. The lowest BCUT2D eigenvalue weighted by Gasteiger charge is -2.26. The van der Waals surface area contributed by atoms with E-state index in [1.54, 1.807) is 25.1 Å². The molecule has 7 heteroatoms. The molecule has 3 rings (SSSR count). The summed E-state index contributed by atoms with van der Waals surface area (Å²) in [4.78, 5) is 12.9. The largest absolute Gasteiger partial charge is 0.348 e. The summed E-state index contributed by atoms with van der Waals surface area (Å²) in [5, 5.41) is 3.44. The molecule has 0 saturated heterocycles. The quantitative estimate of drug-likeness (QED) is 0.675. The lowest BCUT2D eigenvalue weighted by atomic mass is 9.89. The van der Waals surface area contributed by atoms with Gasteiger partial charge in [-0.25, -0.2) is 8.42 Å². The van der Waals surface area contributed by atoms with Crippen molar-refractivity contribution in [2.75, 3.05) is 17.1 Å². The maximum Gasteiger partial charge on any atom is 0.241 e. The van der Waals surface area contributed by atoms with Gasteiger partial charge in [0.2, 0.25) is 15.9 Å². The van der Waals surface area contributed by atoms with Crippen LogP contribution in [0.4, 0.5) is 5.69 Å². The molecule has 0 fully saturated rings. The summed E-state index contributed by atoms with van der Waals surface area (Å²) in [5.74, 6) is -0.343. The molecule has 5 nitrogen and oxygen atoms in total. The lowest BCUT2D eigenvalue weighted by molar-refractivity contribution is -0.120. The van der Waals surface area contributed by atoms with E-state index >= 15 is 0 Å². The van der Waals surface area contributed by atoms with Gasteiger partial charge in [0.1, 0.15) is 6.54 Å². The Balaban J connectivity index is 1.79. The summed E-state index contributed by atoms with van der Waals surface area (Å²) in [6.07, 6.45) is 6.43. The highest BCUT2D eigenvalue weighted by molar-refractivity contribution is 7.92. The monoisotopic (exact) mass is 448 g/mol. The highest BCUT2D eigenvalue weighted by Crippen LogP contribution is 2.28. The molecule has 1 aliphatic rings. The van der Waals surface area contributed by atoms with E-state index in [1.807, 2.05) is 6.92 Å². The number of sulfonamides is 1. The van der Waals surface area contributed by atoms with Crippen LogP contribution in [0.2, 0.25) is 5.02 Å². The predicted octanol–water partition coefficient (Wildman–Crippen LogP) is 4.56. The molecule has 1 amide bonds. The molecule has 0 bridgehead atoms. The smallest absolute Gasteiger partial charge is 0.241 e. The Morgan fingerprint density at radius 2 is 1.83 bits per heavy atom. The number of halogens is 1. The number of fused-ring (bicyclic) bond motifs is 1. The van der Waals surface area contributed by atoms with Crippen molar-refractivity contribution in [2.45, 2.75) is 52.0 Å². The molecule has 1 N–H and O–H groups in total. The van der Waals surface area contributed by atoms with Gasteiger partial charge in [-0.2, -0.15) is 0 Å². The lowest BCUT2D eigenvalue weighted by Crippen LogP contribution is -2.41. The van der Waals surface area contributed by atoms with Gasteiger partial charge in [0.05, 0.1) is 18.0 Å². The van der Waals surface area contributed by atoms with Crippen LogP contribution in [0.15, 0.2) is 36.4 Å². The van der Waals surface area contributed by atoms with Gasteiger partial charge in [-0.05, 0) is 73.4 Å². The molecule has 0 unspecified atom stereocenters. The maximum absolute atomic E-state index is 12.9. The molecule has 2 aromatic carbocycles. The van der Waals surface area contributed by atoms with E-state index in [2.05, 4.69) is 23.5 Å². The first-order valence-corrected chi connectivity index (χ1v) is 12.6. The van der Waals surface area contributed by atoms with Gasteiger partial charge in [0.15, 0.2) is 0 Å². The number of hydrogen-bond donors (Lipinski definition) is 1. The van der Waals surface area contributed by atoms with Crippen LogP contribution in [0.25, 0.3) is 0 Å². The van der Waals surface area contributed by atoms with E-state index in [9.17, 15) is 13.2 Å². The zero-order chi connectivity index (χ0) is 21.9. The van der Waals surface area contributed by atoms with Gasteiger partial charge in [-0.1, -0.05) is 42.8 Å². The zero-order valence-electron chi connectivity index (χ0n) is 17.7. The van der Waals surface area contributed by atoms with Crippen LogP contribution >= 0.6 is 11.6 Å². The summed E-state index contributed by atoms with van der Waals surface area (Å²) in [6, 6.07) is 11.3. The predicted molar refractivity (Wildman–Crippen MR) is 123 cm³/mol. The Labute approximate surface area is 184 Å². The van der Waals surface area contributed by atoms with E-state index in [4.69, 9.17) is 11.6 Å². The molecular weight excluding hydrogens is 420 g/mol. The number of nitrogens with one attached hydrogen (secondary N) is 1. The topological polar surface area (TPSA) is 66.5 Å². The van der Waals surface area contributed by atoms with Crippen LogP contribution < -0.4 is 9.62 Å². The van der Waals surface area contributed by atoms with E-state index in [1.165, 1.54) is 24.0 Å². The average Bonchev–Trinajstić information content (AvgIpc) is 2.71. The van der Waals surface area contributed by atoms with Crippen LogP contribution in [-0.2, 0) is 27.7 Å². The Kier molecular flexibility index (Phi) is 7.09. The molecule has 1 atom stereocenters. The fourth-order valence-corrected chi connectivity index (χ4v) is 5.07. The number of hydrogen-bond acceptors (Lipinski definition) is 3. The molecule has 1 aliphatic carbocycles. The first-order valence-electron chi connectivity index (χ1n) is 10.3. The van der Waals surface area contributed by atoms with Gasteiger partial charge in [0.25, 0.3) is 0 Å². The molecule has 0 aliphatic heterocycles. The van der Waals surface area contributed by atoms with Crippen LogP contribution in [0.3, 0.4) is 0 Å². The third kappa shape index (κ3) is 5.35. The Morgan fingerprint density at radius 3 is 2.50 bits per heavy atom. The van der Waals surface area contributed by atoms with Crippen LogP contribution in [0.5, 0.6) is 0 Å². The summed E-state index contributed by atoms with van der Waals surface area (Å²) >= 11 is 6.07. The summed E-state index contributed by atoms with van der Waals surface area (Å²) in [7, 11) is -3.66. The molecule has 0 radical (unpaired) electrons. The van der Waals surface area contributed by atoms with E-state index in [0.29, 0.717) is 10.7 Å². The van der Waals surface area contributed by atoms with Crippen molar-refractivity contribution in [2.24, 2.45) is 0 Å². The maximum atomic E-state index is 12.9. The molecule has 162 valence electrons. The van der Waals surface area contributed by atoms with E-state index in [-0.39, 0.29) is 18.5 Å². The minimum atomic E-state index is -3.66. The van der Waals surface area contributed by atoms with Crippen molar-refractivity contribution in [3.63, 3.8) is 0 Å². The molecule has 0 heterocycles. The van der Waals surface area contributed by atoms with Crippen molar-refractivity contribution < 1.29 is 13.2 Å². The molecular formula is C23H29ClN2O3S. The van der Waals surface area contributed by atoms with E-state index in [0.717, 1.165) is 41.0 Å². The third-order valence-electron chi connectivity index (χ3n) is 5.65. The first kappa shape index (κ1) is 22.6. The van der Waals surface area contributed by atoms with Crippen LogP contribution in [0, 0.1) is 6.92 Å². The second-order valence-corrected chi connectivity index (χ2v) is 10.3. The van der Waals surface area contributed by atoms with Gasteiger partial charge in [-0.15, -0.1) is 0 Å². The number of carbonyl (C=O) groups is 1. The van der Waals surface area contributed by atoms with Crippen LogP contribution in [0.1, 0.15) is 54.5 Å². The minimum absolute atomic E-state index is 0.161. The highest BCUT2D eigenvalue weighted by atomic mass is 35.5. The summed E-state index contributed by atoms with van der Waals surface area (Å²) in [6.45, 7) is 3.52. The highest BCUT2D eigenvalue weighted by Gasteiger charge is 2.24. The zero-order valence-corrected chi connectivity index (χ0v) is 19.3. The van der Waals surface area contributed by atoms with Crippen molar-refractivity contribution in [3.8, 4) is 0 Å². The Bertz CT molecular complexity index is 1040. The number of carbonyl (C=O) groups excluding carboxylic acids is 1. The number of aryl methyl sites for hydroxylation is 3. The molecule has 2 aromatic rings. The van der Waals surface area contributed by atoms with Gasteiger partial charge in [-0.3, -0.25) is 9.10 Å². The minimum Gasteiger partial charge on any atom is -0.348 e. The normalized spacial score (nSPS) is 14.7. The molecule has 0 spiro atoms. The number of nitrogens with zero attached hydrogens (tertiary/aromatic N) is 1. The number of anilines is 1. The van der Waals surface area contributed by atoms with Crippen molar-refractivity contribution >= 4 is 33.2 Å². The summed E-state index contributed by atoms with van der Waals surface area (Å²) < 4.78 is 26.0. The van der Waals surface area contributed by atoms with Crippen molar-refractivity contribution in [1.82, 2.24) is 5.32 Å². The number of amides is 1. The SMILES string of the molecule is CC[C@H](NC(=O)CN(c1cc(Cl)ccc1C)S(C)(=O)=O)c1ccc2c(c1)CCCC2. The first-order chi connectivity index (χ1) is 14.2. The van der Waals surface area contributed by atoms with Crippen molar-refractivity contribution in [1.29, 1.82) is 0 Å². The second kappa shape index (κ2) is 9.40. The van der Waals surface area contributed by atoms with Crippen molar-refractivity contribution in [3.05, 3.63) is 63.7 Å². The molecule has 30 heavy (non-hydrogen) atoms. The summed E-state index contributed by atoms with van der Waals surface area (Å²) in [5.41, 5.74) is 4.97. The van der Waals surface area contributed by atoms with Gasteiger partial charge >= 0.3 is 0 Å². The third-order valence-corrected chi connectivity index (χ3v) is 7.01. The average molecular weight is 449 g/mol. The van der Waals surface area contributed by atoms with Crippen LogP contribution in [-0.4, -0.2) is 27.1 Å². The fourth-order valence-electron chi connectivity index (χ4n) is 3.99. The Morgan fingerprint density at radius 1 is 1.13 bits per heavy atom. The van der Waals surface area contributed by atoms with E-state index < -0.39 is 10.0 Å².